The number of hydrogen-bond donors (Lipinski definition) is 3. The lowest BCUT2D eigenvalue weighted by molar-refractivity contribution is 0.251. The fourth-order valence-electron chi connectivity index (χ4n) is 1.95. The summed E-state index contributed by atoms with van der Waals surface area (Å²) in [4.78, 5) is 11.9. The van der Waals surface area contributed by atoms with Crippen LogP contribution in [0.2, 0.25) is 0 Å². The summed E-state index contributed by atoms with van der Waals surface area (Å²) < 4.78 is 0. The van der Waals surface area contributed by atoms with Gasteiger partial charge < -0.3 is 16.4 Å². The van der Waals surface area contributed by atoms with Crippen LogP contribution in [0, 0.1) is 0 Å². The van der Waals surface area contributed by atoms with Crippen molar-refractivity contribution in [1.29, 1.82) is 0 Å². The Labute approximate surface area is 119 Å². The summed E-state index contributed by atoms with van der Waals surface area (Å²) in [6.07, 6.45) is 0. The lowest BCUT2D eigenvalue weighted by Gasteiger charge is -2.14. The van der Waals surface area contributed by atoms with Crippen LogP contribution in [0.4, 0.5) is 10.5 Å². The zero-order valence-electron chi connectivity index (χ0n) is 11.5. The first-order valence-electron chi connectivity index (χ1n) is 6.60. The van der Waals surface area contributed by atoms with Crippen LogP contribution in [0.25, 0.3) is 0 Å². The molecule has 1 atom stereocenters. The van der Waals surface area contributed by atoms with E-state index in [1.165, 1.54) is 0 Å². The van der Waals surface area contributed by atoms with Gasteiger partial charge in [-0.1, -0.05) is 48.5 Å². The molecular formula is C16H19N3O. The standard InChI is InChI=1S/C16H19N3O/c1-12(17)14-9-5-6-10-15(14)19-16(20)18-11-13-7-3-2-4-8-13/h2-10,12H,11,17H2,1H3,(H2,18,19,20). The molecule has 0 radical (unpaired) electrons. The third-order valence-corrected chi connectivity index (χ3v) is 3.00. The molecule has 0 aromatic heterocycles. The second-order valence-corrected chi connectivity index (χ2v) is 4.67. The number of carbonyl (C=O) groups excluding carboxylic acids is 1. The Bertz CT molecular complexity index is 567. The molecule has 4 nitrogen and oxygen atoms in total. The topological polar surface area (TPSA) is 67.1 Å². The van der Waals surface area contributed by atoms with E-state index in [2.05, 4.69) is 10.6 Å². The number of rotatable bonds is 4. The number of hydrogen-bond acceptors (Lipinski definition) is 2. The Morgan fingerprint density at radius 1 is 1.10 bits per heavy atom. The highest BCUT2D eigenvalue weighted by Gasteiger charge is 2.08. The number of nitrogens with two attached hydrogens (primary N) is 1. The van der Waals surface area contributed by atoms with Crippen molar-refractivity contribution in [2.45, 2.75) is 19.5 Å². The lowest BCUT2D eigenvalue weighted by Crippen LogP contribution is -2.29. The smallest absolute Gasteiger partial charge is 0.319 e. The van der Waals surface area contributed by atoms with Gasteiger partial charge in [-0.2, -0.15) is 0 Å². The van der Waals surface area contributed by atoms with Crippen molar-refractivity contribution >= 4 is 11.7 Å². The van der Waals surface area contributed by atoms with Gasteiger partial charge in [0.1, 0.15) is 0 Å². The molecule has 104 valence electrons. The molecule has 0 aliphatic carbocycles. The maximum Gasteiger partial charge on any atom is 0.319 e. The third kappa shape index (κ3) is 3.83. The second kappa shape index (κ2) is 6.73. The number of carbonyl (C=O) groups is 1. The van der Waals surface area contributed by atoms with Crippen molar-refractivity contribution < 1.29 is 4.79 Å². The van der Waals surface area contributed by atoms with Gasteiger partial charge in [0, 0.05) is 18.3 Å². The number of benzene rings is 2. The summed E-state index contributed by atoms with van der Waals surface area (Å²) in [5.41, 5.74) is 8.60. The molecule has 20 heavy (non-hydrogen) atoms. The van der Waals surface area contributed by atoms with Gasteiger partial charge in [-0.05, 0) is 24.1 Å². The lowest BCUT2D eigenvalue weighted by atomic mass is 10.1. The number of nitrogens with one attached hydrogen (secondary N) is 2. The SMILES string of the molecule is CC(N)c1ccccc1NC(=O)NCc1ccccc1. The van der Waals surface area contributed by atoms with Crippen LogP contribution in [-0.4, -0.2) is 6.03 Å². The van der Waals surface area contributed by atoms with E-state index in [1.807, 2.05) is 61.5 Å². The molecule has 0 aliphatic heterocycles. The minimum absolute atomic E-state index is 0.124. The summed E-state index contributed by atoms with van der Waals surface area (Å²) in [5, 5.41) is 5.65. The van der Waals surface area contributed by atoms with Crippen LogP contribution < -0.4 is 16.4 Å². The number of para-hydroxylation sites is 1. The first kappa shape index (κ1) is 14.1. The van der Waals surface area contributed by atoms with E-state index in [4.69, 9.17) is 5.73 Å². The Kier molecular flexibility index (Phi) is 4.74. The summed E-state index contributed by atoms with van der Waals surface area (Å²) in [6, 6.07) is 17.0. The van der Waals surface area contributed by atoms with Crippen molar-refractivity contribution in [3.63, 3.8) is 0 Å². The van der Waals surface area contributed by atoms with Crippen LogP contribution in [0.15, 0.2) is 54.6 Å². The molecule has 0 fully saturated rings. The molecule has 2 aromatic rings. The Hall–Kier alpha value is -2.33. The molecule has 4 heteroatoms. The van der Waals surface area contributed by atoms with Crippen LogP contribution in [-0.2, 0) is 6.54 Å². The molecular weight excluding hydrogens is 250 g/mol. The zero-order chi connectivity index (χ0) is 14.4. The van der Waals surface area contributed by atoms with E-state index in [-0.39, 0.29) is 12.1 Å². The zero-order valence-corrected chi connectivity index (χ0v) is 11.5. The average molecular weight is 269 g/mol. The van der Waals surface area contributed by atoms with E-state index in [0.717, 1.165) is 16.8 Å². The van der Waals surface area contributed by atoms with E-state index in [0.29, 0.717) is 6.54 Å². The molecule has 0 heterocycles. The molecule has 2 aromatic carbocycles. The highest BCUT2D eigenvalue weighted by molar-refractivity contribution is 5.90. The second-order valence-electron chi connectivity index (χ2n) is 4.67. The Morgan fingerprint density at radius 2 is 1.75 bits per heavy atom. The summed E-state index contributed by atoms with van der Waals surface area (Å²) in [5.74, 6) is 0. The monoisotopic (exact) mass is 269 g/mol. The summed E-state index contributed by atoms with van der Waals surface area (Å²) in [6.45, 7) is 2.38. The van der Waals surface area contributed by atoms with E-state index >= 15 is 0 Å². The number of amides is 2. The van der Waals surface area contributed by atoms with Gasteiger partial charge in [-0.15, -0.1) is 0 Å². The summed E-state index contributed by atoms with van der Waals surface area (Å²) >= 11 is 0. The van der Waals surface area contributed by atoms with Gasteiger partial charge >= 0.3 is 6.03 Å². The molecule has 1 unspecified atom stereocenters. The summed E-state index contributed by atoms with van der Waals surface area (Å²) in [7, 11) is 0. The molecule has 0 saturated heterocycles. The molecule has 2 amide bonds. The molecule has 4 N–H and O–H groups in total. The average Bonchev–Trinajstić information content (AvgIpc) is 2.46. The largest absolute Gasteiger partial charge is 0.334 e. The van der Waals surface area contributed by atoms with Crippen molar-refractivity contribution in [2.75, 3.05) is 5.32 Å². The van der Waals surface area contributed by atoms with E-state index in [1.54, 1.807) is 0 Å². The maximum atomic E-state index is 11.9. The number of anilines is 1. The molecule has 0 saturated carbocycles. The minimum Gasteiger partial charge on any atom is -0.334 e. The molecule has 0 spiro atoms. The molecule has 0 bridgehead atoms. The van der Waals surface area contributed by atoms with Crippen LogP contribution in [0.3, 0.4) is 0 Å². The number of urea groups is 1. The minimum atomic E-state index is -0.234. The normalized spacial score (nSPS) is 11.7. The van der Waals surface area contributed by atoms with Crippen molar-refractivity contribution in [2.24, 2.45) is 5.73 Å². The van der Waals surface area contributed by atoms with Gasteiger partial charge in [0.25, 0.3) is 0 Å². The fraction of sp³-hybridized carbons (Fsp3) is 0.188. The van der Waals surface area contributed by atoms with Crippen LogP contribution in [0.5, 0.6) is 0 Å². The highest BCUT2D eigenvalue weighted by atomic mass is 16.2. The van der Waals surface area contributed by atoms with Crippen LogP contribution in [0.1, 0.15) is 24.1 Å². The molecule has 2 rings (SSSR count). The van der Waals surface area contributed by atoms with Crippen LogP contribution >= 0.6 is 0 Å². The van der Waals surface area contributed by atoms with Crippen molar-refractivity contribution in [3.05, 3.63) is 65.7 Å². The first-order valence-corrected chi connectivity index (χ1v) is 6.60. The van der Waals surface area contributed by atoms with E-state index < -0.39 is 0 Å². The third-order valence-electron chi connectivity index (χ3n) is 3.00. The fourth-order valence-corrected chi connectivity index (χ4v) is 1.95. The van der Waals surface area contributed by atoms with Gasteiger partial charge in [-0.25, -0.2) is 4.79 Å². The van der Waals surface area contributed by atoms with Gasteiger partial charge in [0.15, 0.2) is 0 Å². The van der Waals surface area contributed by atoms with Gasteiger partial charge in [0.05, 0.1) is 0 Å². The van der Waals surface area contributed by atoms with Gasteiger partial charge in [-0.3, -0.25) is 0 Å². The van der Waals surface area contributed by atoms with E-state index in [9.17, 15) is 4.79 Å². The van der Waals surface area contributed by atoms with Gasteiger partial charge in [0.2, 0.25) is 0 Å². The van der Waals surface area contributed by atoms with Crippen molar-refractivity contribution in [1.82, 2.24) is 5.32 Å². The predicted molar refractivity (Wildman–Crippen MR) is 81.3 cm³/mol. The Balaban J connectivity index is 1.95. The quantitative estimate of drug-likeness (QED) is 0.798. The first-order chi connectivity index (χ1) is 9.66. The Morgan fingerprint density at radius 3 is 2.45 bits per heavy atom. The van der Waals surface area contributed by atoms with Crippen molar-refractivity contribution in [3.8, 4) is 0 Å². The predicted octanol–water partition coefficient (Wildman–Crippen LogP) is 3.03. The maximum absolute atomic E-state index is 11.9. The highest BCUT2D eigenvalue weighted by Crippen LogP contribution is 2.20. The molecule has 0 aliphatic rings.